The molecule has 6 nitrogen and oxygen atoms in total. The van der Waals surface area contributed by atoms with E-state index in [-0.39, 0.29) is 5.57 Å². The molecule has 1 aromatic rings. The fourth-order valence-electron chi connectivity index (χ4n) is 1.57. The molecule has 0 radical (unpaired) electrons. The van der Waals surface area contributed by atoms with Crippen molar-refractivity contribution in [1.29, 1.82) is 0 Å². The molecule has 0 aromatic carbocycles. The van der Waals surface area contributed by atoms with Crippen LogP contribution in [0.2, 0.25) is 0 Å². The molecule has 0 saturated carbocycles. The lowest BCUT2D eigenvalue weighted by Gasteiger charge is -2.28. The van der Waals surface area contributed by atoms with E-state index in [1.54, 1.807) is 18.2 Å². The van der Waals surface area contributed by atoms with Crippen molar-refractivity contribution in [1.82, 2.24) is 9.88 Å². The van der Waals surface area contributed by atoms with E-state index in [1.165, 1.54) is 26.1 Å². The second kappa shape index (κ2) is 6.77. The van der Waals surface area contributed by atoms with Gasteiger partial charge in [-0.3, -0.25) is 19.5 Å². The number of carbonyl (C=O) groups excluding carboxylic acids is 2. The first kappa shape index (κ1) is 15.0. The maximum Gasteiger partial charge on any atom is 0.261 e. The number of aliphatic hydroxyl groups is 2. The summed E-state index contributed by atoms with van der Waals surface area (Å²) in [5.41, 5.74) is 0.245. The summed E-state index contributed by atoms with van der Waals surface area (Å²) in [6.45, 7) is 2.65. The number of rotatable bonds is 5. The second-order valence-electron chi connectivity index (χ2n) is 3.95. The lowest BCUT2D eigenvalue weighted by atomic mass is 10.2. The molecule has 6 heteroatoms. The Kier molecular flexibility index (Phi) is 5.35. The quantitative estimate of drug-likeness (QED) is 0.260. The number of pyridine rings is 1. The van der Waals surface area contributed by atoms with Gasteiger partial charge in [0.05, 0.1) is 11.3 Å². The third-order valence-electron chi connectivity index (χ3n) is 2.40. The molecule has 2 N–H and O–H groups in total. The van der Waals surface area contributed by atoms with Gasteiger partial charge in [0, 0.05) is 6.20 Å². The summed E-state index contributed by atoms with van der Waals surface area (Å²) in [5.74, 6) is -0.759. The first-order valence-corrected chi connectivity index (χ1v) is 5.74. The van der Waals surface area contributed by atoms with E-state index in [0.717, 1.165) is 4.90 Å². The van der Waals surface area contributed by atoms with E-state index in [2.05, 4.69) is 4.98 Å². The Morgan fingerprint density at radius 1 is 1.32 bits per heavy atom. The zero-order valence-electron chi connectivity index (χ0n) is 10.7. The fourth-order valence-corrected chi connectivity index (χ4v) is 1.57. The largest absolute Gasteiger partial charge is 0.374 e. The molecule has 1 aromatic heterocycles. The van der Waals surface area contributed by atoms with Crippen LogP contribution in [-0.4, -0.2) is 44.7 Å². The van der Waals surface area contributed by atoms with Crippen LogP contribution in [0.15, 0.2) is 30.0 Å². The number of carbonyl (C=O) groups is 2. The van der Waals surface area contributed by atoms with Crippen LogP contribution in [0.5, 0.6) is 0 Å². The van der Waals surface area contributed by atoms with Gasteiger partial charge in [-0.25, -0.2) is 0 Å². The molecule has 1 heterocycles. The summed E-state index contributed by atoms with van der Waals surface area (Å²) in [6.07, 6.45) is 0.779. The number of aldehydes is 1. The predicted molar refractivity (Wildman–Crippen MR) is 68.5 cm³/mol. The number of amides is 1. The minimum atomic E-state index is -1.21. The van der Waals surface area contributed by atoms with Crippen molar-refractivity contribution in [2.45, 2.75) is 26.3 Å². The Bertz CT molecular complexity index is 461. The number of aromatic nitrogens is 1. The lowest BCUT2D eigenvalue weighted by molar-refractivity contribution is -0.151. The summed E-state index contributed by atoms with van der Waals surface area (Å²) in [4.78, 5) is 27.8. The molecule has 102 valence electrons. The summed E-state index contributed by atoms with van der Waals surface area (Å²) in [5, 5.41) is 18.9. The standard InChI is InChI=1S/C13H16N2O4/c1-9(17)15(10(2)18)13(19)11(8-16)7-12-5-3-4-6-14-12/h3-10,17-18H,1-2H3/b11-7+. The smallest absolute Gasteiger partial charge is 0.261 e. The van der Waals surface area contributed by atoms with Crippen LogP contribution in [0.1, 0.15) is 19.5 Å². The van der Waals surface area contributed by atoms with E-state index >= 15 is 0 Å². The maximum atomic E-state index is 12.0. The molecule has 19 heavy (non-hydrogen) atoms. The average Bonchev–Trinajstić information content (AvgIpc) is 2.36. The number of nitrogens with zero attached hydrogens (tertiary/aromatic N) is 2. The topological polar surface area (TPSA) is 90.7 Å². The van der Waals surface area contributed by atoms with Gasteiger partial charge in [-0.2, -0.15) is 0 Å². The highest BCUT2D eigenvalue weighted by molar-refractivity contribution is 6.14. The van der Waals surface area contributed by atoms with E-state index < -0.39 is 18.4 Å². The lowest BCUT2D eigenvalue weighted by Crippen LogP contribution is -2.45. The van der Waals surface area contributed by atoms with Gasteiger partial charge in [0.15, 0.2) is 6.29 Å². The van der Waals surface area contributed by atoms with Crippen LogP contribution < -0.4 is 0 Å². The van der Waals surface area contributed by atoms with Crippen molar-refractivity contribution in [2.24, 2.45) is 0 Å². The molecular formula is C13H16N2O4. The summed E-state index contributed by atoms with van der Waals surface area (Å²) in [6, 6.07) is 5.05. The molecular weight excluding hydrogens is 248 g/mol. The molecule has 1 amide bonds. The average molecular weight is 264 g/mol. The Morgan fingerprint density at radius 3 is 2.37 bits per heavy atom. The Morgan fingerprint density at radius 2 is 1.95 bits per heavy atom. The predicted octanol–water partition coefficient (Wildman–Crippen LogP) is 0.169. The van der Waals surface area contributed by atoms with Crippen LogP contribution in [0.4, 0.5) is 0 Å². The molecule has 0 aliphatic heterocycles. The summed E-state index contributed by atoms with van der Waals surface area (Å²) < 4.78 is 0. The van der Waals surface area contributed by atoms with Crippen LogP contribution in [0.25, 0.3) is 6.08 Å². The first-order valence-electron chi connectivity index (χ1n) is 5.74. The van der Waals surface area contributed by atoms with Gasteiger partial charge >= 0.3 is 0 Å². The highest BCUT2D eigenvalue weighted by Crippen LogP contribution is 2.10. The van der Waals surface area contributed by atoms with E-state index in [1.807, 2.05) is 0 Å². The molecule has 2 atom stereocenters. The fraction of sp³-hybridized carbons (Fsp3) is 0.308. The molecule has 0 saturated heterocycles. The van der Waals surface area contributed by atoms with Gasteiger partial charge in [0.1, 0.15) is 12.5 Å². The molecule has 0 fully saturated rings. The zero-order valence-corrected chi connectivity index (χ0v) is 10.7. The minimum absolute atomic E-state index is 0.194. The van der Waals surface area contributed by atoms with Gasteiger partial charge in [-0.1, -0.05) is 6.07 Å². The van der Waals surface area contributed by atoms with Gasteiger partial charge in [-0.05, 0) is 32.1 Å². The molecule has 0 spiro atoms. The molecule has 0 bridgehead atoms. The van der Waals surface area contributed by atoms with Crippen molar-refractivity contribution >= 4 is 18.3 Å². The van der Waals surface area contributed by atoms with Crippen LogP contribution >= 0.6 is 0 Å². The third kappa shape index (κ3) is 3.97. The maximum absolute atomic E-state index is 12.0. The van der Waals surface area contributed by atoms with Crippen LogP contribution in [0.3, 0.4) is 0 Å². The summed E-state index contributed by atoms with van der Waals surface area (Å²) >= 11 is 0. The van der Waals surface area contributed by atoms with E-state index in [9.17, 15) is 19.8 Å². The summed E-state index contributed by atoms with van der Waals surface area (Å²) in [7, 11) is 0. The van der Waals surface area contributed by atoms with Crippen LogP contribution in [-0.2, 0) is 9.59 Å². The van der Waals surface area contributed by atoms with Gasteiger partial charge in [0.25, 0.3) is 5.91 Å². The van der Waals surface area contributed by atoms with Crippen molar-refractivity contribution in [3.05, 3.63) is 35.7 Å². The normalized spacial score (nSPS) is 14.6. The zero-order chi connectivity index (χ0) is 14.4. The molecule has 1 rings (SSSR count). The SMILES string of the molecule is CC(O)N(C(=O)/C(C=O)=C/c1ccccn1)C(C)O. The van der Waals surface area contributed by atoms with Crippen molar-refractivity contribution in [2.75, 3.05) is 0 Å². The minimum Gasteiger partial charge on any atom is -0.374 e. The third-order valence-corrected chi connectivity index (χ3v) is 2.40. The van der Waals surface area contributed by atoms with E-state index in [0.29, 0.717) is 12.0 Å². The van der Waals surface area contributed by atoms with Gasteiger partial charge < -0.3 is 10.2 Å². The Labute approximate surface area is 111 Å². The first-order chi connectivity index (χ1) is 8.97. The number of hydrogen-bond donors (Lipinski definition) is 2. The highest BCUT2D eigenvalue weighted by atomic mass is 16.3. The van der Waals surface area contributed by atoms with Crippen molar-refractivity contribution in [3.63, 3.8) is 0 Å². The van der Waals surface area contributed by atoms with Crippen molar-refractivity contribution < 1.29 is 19.8 Å². The molecule has 0 aliphatic carbocycles. The number of hydrogen-bond acceptors (Lipinski definition) is 5. The monoisotopic (exact) mass is 264 g/mol. The van der Waals surface area contributed by atoms with Gasteiger partial charge in [0.2, 0.25) is 0 Å². The molecule has 0 aliphatic rings. The van der Waals surface area contributed by atoms with Crippen molar-refractivity contribution in [3.8, 4) is 0 Å². The van der Waals surface area contributed by atoms with E-state index in [4.69, 9.17) is 0 Å². The highest BCUT2D eigenvalue weighted by Gasteiger charge is 2.25. The van der Waals surface area contributed by atoms with Crippen LogP contribution in [0, 0.1) is 0 Å². The van der Waals surface area contributed by atoms with Gasteiger partial charge in [-0.15, -0.1) is 0 Å². The number of aliphatic hydroxyl groups excluding tert-OH is 2. The Balaban J connectivity index is 3.06. The second-order valence-corrected chi connectivity index (χ2v) is 3.95. The Hall–Kier alpha value is -2.05. The molecule has 2 unspecified atom stereocenters.